The first-order valence-corrected chi connectivity index (χ1v) is 6.63. The van der Waals surface area contributed by atoms with Gasteiger partial charge in [0.15, 0.2) is 6.29 Å². The first-order chi connectivity index (χ1) is 9.26. The van der Waals surface area contributed by atoms with Gasteiger partial charge in [0.2, 0.25) is 0 Å². The normalized spacial score (nSPS) is 12.7. The standard InChI is InChI=1S/C14H24N2O3/c1-5-7-19-12-8-11(9-15-10-12)13(16-6-2)14(17-3)18-4/h8-10,13-14,16H,5-7H2,1-4H3. The summed E-state index contributed by atoms with van der Waals surface area (Å²) in [5.74, 6) is 0.771. The molecule has 5 heteroatoms. The molecule has 1 N–H and O–H groups in total. The fourth-order valence-corrected chi connectivity index (χ4v) is 1.86. The molecule has 1 atom stereocenters. The van der Waals surface area contributed by atoms with E-state index in [9.17, 15) is 0 Å². The molecule has 0 aliphatic rings. The molecule has 0 saturated carbocycles. The molecule has 1 rings (SSSR count). The van der Waals surface area contributed by atoms with E-state index >= 15 is 0 Å². The number of nitrogens with one attached hydrogen (secondary N) is 1. The number of rotatable bonds is 9. The molecule has 0 radical (unpaired) electrons. The fourth-order valence-electron chi connectivity index (χ4n) is 1.86. The average molecular weight is 268 g/mol. The van der Waals surface area contributed by atoms with Gasteiger partial charge in [0.25, 0.3) is 0 Å². The maximum atomic E-state index is 5.60. The predicted octanol–water partition coefficient (Wildman–Crippen LogP) is 2.14. The van der Waals surface area contributed by atoms with Gasteiger partial charge in [-0.2, -0.15) is 0 Å². The number of methoxy groups -OCH3 is 2. The van der Waals surface area contributed by atoms with Crippen molar-refractivity contribution >= 4 is 0 Å². The third-order valence-corrected chi connectivity index (χ3v) is 2.73. The lowest BCUT2D eigenvalue weighted by Crippen LogP contribution is -2.34. The zero-order chi connectivity index (χ0) is 14.1. The first kappa shape index (κ1) is 15.9. The minimum Gasteiger partial charge on any atom is -0.492 e. The number of likely N-dealkylation sites (N-methyl/N-ethyl adjacent to an activating group) is 1. The van der Waals surface area contributed by atoms with Gasteiger partial charge in [-0.3, -0.25) is 4.98 Å². The molecule has 0 saturated heterocycles. The highest BCUT2D eigenvalue weighted by atomic mass is 16.7. The fraction of sp³-hybridized carbons (Fsp3) is 0.643. The van der Waals surface area contributed by atoms with Crippen molar-refractivity contribution in [2.75, 3.05) is 27.4 Å². The van der Waals surface area contributed by atoms with Gasteiger partial charge in [-0.15, -0.1) is 0 Å². The SMILES string of the molecule is CCCOc1cncc(C(NCC)C(OC)OC)c1. The Kier molecular flexibility index (Phi) is 7.40. The van der Waals surface area contributed by atoms with Crippen molar-refractivity contribution in [2.45, 2.75) is 32.6 Å². The van der Waals surface area contributed by atoms with Crippen molar-refractivity contribution in [1.29, 1.82) is 0 Å². The Morgan fingerprint density at radius 3 is 2.53 bits per heavy atom. The van der Waals surface area contributed by atoms with Crippen molar-refractivity contribution in [3.63, 3.8) is 0 Å². The summed E-state index contributed by atoms with van der Waals surface area (Å²) in [5.41, 5.74) is 0.990. The Morgan fingerprint density at radius 2 is 1.95 bits per heavy atom. The summed E-state index contributed by atoms with van der Waals surface area (Å²) >= 11 is 0. The van der Waals surface area contributed by atoms with E-state index in [2.05, 4.69) is 17.2 Å². The molecule has 0 aliphatic heterocycles. The third kappa shape index (κ3) is 4.78. The van der Waals surface area contributed by atoms with Gasteiger partial charge in [-0.1, -0.05) is 13.8 Å². The Bertz CT molecular complexity index is 356. The number of ether oxygens (including phenoxy) is 3. The van der Waals surface area contributed by atoms with Crippen LogP contribution in [0.5, 0.6) is 5.75 Å². The van der Waals surface area contributed by atoms with Gasteiger partial charge in [0.05, 0.1) is 18.8 Å². The maximum absolute atomic E-state index is 5.60. The quantitative estimate of drug-likeness (QED) is 0.695. The average Bonchev–Trinajstić information content (AvgIpc) is 2.45. The van der Waals surface area contributed by atoms with E-state index in [0.29, 0.717) is 6.61 Å². The molecule has 0 bridgehead atoms. The predicted molar refractivity (Wildman–Crippen MR) is 74.2 cm³/mol. The lowest BCUT2D eigenvalue weighted by molar-refractivity contribution is -0.124. The topological polar surface area (TPSA) is 52.6 Å². The Labute approximate surface area is 115 Å². The molecule has 1 aromatic rings. The van der Waals surface area contributed by atoms with Crippen LogP contribution < -0.4 is 10.1 Å². The molecule has 0 amide bonds. The maximum Gasteiger partial charge on any atom is 0.176 e. The van der Waals surface area contributed by atoms with Crippen LogP contribution in [0.1, 0.15) is 31.9 Å². The van der Waals surface area contributed by atoms with Crippen molar-refractivity contribution in [2.24, 2.45) is 0 Å². The van der Waals surface area contributed by atoms with E-state index in [4.69, 9.17) is 14.2 Å². The molecule has 19 heavy (non-hydrogen) atoms. The lowest BCUT2D eigenvalue weighted by atomic mass is 10.1. The van der Waals surface area contributed by atoms with Crippen LogP contribution in [0.4, 0.5) is 0 Å². The van der Waals surface area contributed by atoms with Crippen LogP contribution in [0.2, 0.25) is 0 Å². The highest BCUT2D eigenvalue weighted by Gasteiger charge is 2.22. The van der Waals surface area contributed by atoms with Crippen LogP contribution >= 0.6 is 0 Å². The van der Waals surface area contributed by atoms with E-state index in [1.807, 2.05) is 13.0 Å². The summed E-state index contributed by atoms with van der Waals surface area (Å²) in [4.78, 5) is 4.22. The van der Waals surface area contributed by atoms with Crippen molar-refractivity contribution in [1.82, 2.24) is 10.3 Å². The van der Waals surface area contributed by atoms with Gasteiger partial charge in [-0.05, 0) is 24.6 Å². The van der Waals surface area contributed by atoms with Gasteiger partial charge < -0.3 is 19.5 Å². The smallest absolute Gasteiger partial charge is 0.176 e. The van der Waals surface area contributed by atoms with Crippen molar-refractivity contribution < 1.29 is 14.2 Å². The van der Waals surface area contributed by atoms with Crippen LogP contribution in [0, 0.1) is 0 Å². The third-order valence-electron chi connectivity index (χ3n) is 2.73. The van der Waals surface area contributed by atoms with E-state index < -0.39 is 0 Å². The van der Waals surface area contributed by atoms with Gasteiger partial charge in [0, 0.05) is 20.4 Å². The number of hydrogen-bond acceptors (Lipinski definition) is 5. The van der Waals surface area contributed by atoms with E-state index in [-0.39, 0.29) is 12.3 Å². The Balaban J connectivity index is 2.88. The second-order valence-corrected chi connectivity index (χ2v) is 4.18. The highest BCUT2D eigenvalue weighted by Crippen LogP contribution is 2.22. The van der Waals surface area contributed by atoms with Crippen LogP contribution in [-0.4, -0.2) is 38.6 Å². The summed E-state index contributed by atoms with van der Waals surface area (Å²) in [6.45, 7) is 5.62. The zero-order valence-electron chi connectivity index (χ0n) is 12.2. The van der Waals surface area contributed by atoms with Crippen LogP contribution in [0.3, 0.4) is 0 Å². The molecular weight excluding hydrogens is 244 g/mol. The highest BCUT2D eigenvalue weighted by molar-refractivity contribution is 5.26. The van der Waals surface area contributed by atoms with Crippen molar-refractivity contribution in [3.8, 4) is 5.75 Å². The molecule has 1 aromatic heterocycles. The summed E-state index contributed by atoms with van der Waals surface area (Å²) in [6.07, 6.45) is 4.14. The molecular formula is C14H24N2O3. The van der Waals surface area contributed by atoms with E-state index in [0.717, 1.165) is 24.3 Å². The molecule has 0 aliphatic carbocycles. The van der Waals surface area contributed by atoms with Crippen LogP contribution in [-0.2, 0) is 9.47 Å². The van der Waals surface area contributed by atoms with Gasteiger partial charge in [0.1, 0.15) is 5.75 Å². The summed E-state index contributed by atoms with van der Waals surface area (Å²) in [6, 6.07) is 1.90. The number of nitrogens with zero attached hydrogens (tertiary/aromatic N) is 1. The minimum absolute atomic E-state index is 0.0716. The monoisotopic (exact) mass is 268 g/mol. The second kappa shape index (κ2) is 8.85. The minimum atomic E-state index is -0.358. The van der Waals surface area contributed by atoms with E-state index in [1.54, 1.807) is 26.6 Å². The zero-order valence-corrected chi connectivity index (χ0v) is 12.2. The molecule has 5 nitrogen and oxygen atoms in total. The van der Waals surface area contributed by atoms with Gasteiger partial charge in [-0.25, -0.2) is 0 Å². The second-order valence-electron chi connectivity index (χ2n) is 4.18. The number of hydrogen-bond donors (Lipinski definition) is 1. The van der Waals surface area contributed by atoms with E-state index in [1.165, 1.54) is 0 Å². The summed E-state index contributed by atoms with van der Waals surface area (Å²) in [7, 11) is 3.26. The number of aromatic nitrogens is 1. The van der Waals surface area contributed by atoms with Gasteiger partial charge >= 0.3 is 0 Å². The molecule has 0 spiro atoms. The number of pyridine rings is 1. The molecule has 108 valence electrons. The largest absolute Gasteiger partial charge is 0.492 e. The Hall–Kier alpha value is -1.17. The van der Waals surface area contributed by atoms with Crippen molar-refractivity contribution in [3.05, 3.63) is 24.0 Å². The molecule has 0 aromatic carbocycles. The van der Waals surface area contributed by atoms with Crippen LogP contribution in [0.15, 0.2) is 18.5 Å². The first-order valence-electron chi connectivity index (χ1n) is 6.63. The Morgan fingerprint density at radius 1 is 1.21 bits per heavy atom. The molecule has 0 fully saturated rings. The molecule has 1 heterocycles. The molecule has 1 unspecified atom stereocenters. The summed E-state index contributed by atoms with van der Waals surface area (Å²) in [5, 5.41) is 3.34. The summed E-state index contributed by atoms with van der Waals surface area (Å²) < 4.78 is 16.3. The lowest BCUT2D eigenvalue weighted by Gasteiger charge is -2.25. The van der Waals surface area contributed by atoms with Crippen LogP contribution in [0.25, 0.3) is 0 Å².